The molecule has 1 atom stereocenters. The van der Waals surface area contributed by atoms with Crippen LogP contribution in [0, 0.1) is 12.3 Å². The Bertz CT molecular complexity index is 482. The van der Waals surface area contributed by atoms with Crippen LogP contribution in [-0.4, -0.2) is 30.4 Å². The quantitative estimate of drug-likeness (QED) is 0.613. The molecule has 1 rings (SSSR count). The normalized spacial score (nSPS) is 11.7. The molecule has 4 heteroatoms. The van der Waals surface area contributed by atoms with Gasteiger partial charge in [-0.1, -0.05) is 47.0 Å². The Morgan fingerprint density at radius 3 is 2.80 bits per heavy atom. The van der Waals surface area contributed by atoms with E-state index in [1.165, 1.54) is 0 Å². The highest BCUT2D eigenvalue weighted by Crippen LogP contribution is 2.27. The molecule has 0 heterocycles. The van der Waals surface area contributed by atoms with Crippen LogP contribution in [-0.2, 0) is 4.79 Å². The highest BCUT2D eigenvalue weighted by atomic mass is 79.9. The van der Waals surface area contributed by atoms with Crippen molar-refractivity contribution in [3.05, 3.63) is 34.3 Å². The number of nitrogens with one attached hydrogen (secondary N) is 1. The number of carbonyl (C=O) groups excluding carboxylic acids is 1. The molecule has 0 fully saturated rings. The number of halogens is 1. The van der Waals surface area contributed by atoms with Crippen molar-refractivity contribution in [2.24, 2.45) is 0 Å². The molecular weight excluding hydrogens is 316 g/mol. The van der Waals surface area contributed by atoms with E-state index in [1.54, 1.807) is 0 Å². The molecule has 0 spiro atoms. The lowest BCUT2D eigenvalue weighted by Crippen LogP contribution is -2.40. The summed E-state index contributed by atoms with van der Waals surface area (Å²) in [5.41, 5.74) is 1.12. The number of rotatable bonds is 7. The molecular formula is C16H21BrN2O. The summed E-state index contributed by atoms with van der Waals surface area (Å²) in [5, 5.41) is 2.96. The lowest BCUT2D eigenvalue weighted by Gasteiger charge is -2.30. The van der Waals surface area contributed by atoms with Crippen molar-refractivity contribution in [2.45, 2.75) is 26.3 Å². The smallest absolute Gasteiger partial charge is 0.237 e. The fourth-order valence-corrected chi connectivity index (χ4v) is 2.72. The molecule has 0 bridgehead atoms. The van der Waals surface area contributed by atoms with Crippen molar-refractivity contribution >= 4 is 21.8 Å². The monoisotopic (exact) mass is 336 g/mol. The summed E-state index contributed by atoms with van der Waals surface area (Å²) in [7, 11) is 0. The number of carbonyl (C=O) groups is 1. The second-order valence-corrected chi connectivity index (χ2v) is 5.45. The molecule has 0 aliphatic rings. The van der Waals surface area contributed by atoms with Crippen molar-refractivity contribution in [3.63, 3.8) is 0 Å². The predicted molar refractivity (Wildman–Crippen MR) is 86.3 cm³/mol. The zero-order valence-electron chi connectivity index (χ0n) is 12.0. The average Bonchev–Trinajstić information content (AvgIpc) is 2.44. The molecule has 1 aromatic carbocycles. The lowest BCUT2D eigenvalue weighted by atomic mass is 10.1. The Morgan fingerprint density at radius 2 is 2.20 bits per heavy atom. The van der Waals surface area contributed by atoms with E-state index in [-0.39, 0.29) is 18.5 Å². The standard InChI is InChI=1S/C16H21BrN2O/c1-4-10-18-12-16(20)19(11-5-2)13(3)14-8-6-7-9-15(14)17/h1,6-9,13,18H,5,10-12H2,2-3H3. The average molecular weight is 337 g/mol. The number of amides is 1. The highest BCUT2D eigenvalue weighted by molar-refractivity contribution is 9.10. The van der Waals surface area contributed by atoms with Crippen molar-refractivity contribution in [2.75, 3.05) is 19.6 Å². The first kappa shape index (κ1) is 16.7. The number of hydrogen-bond donors (Lipinski definition) is 1. The van der Waals surface area contributed by atoms with E-state index in [9.17, 15) is 4.79 Å². The van der Waals surface area contributed by atoms with Gasteiger partial charge in [-0.3, -0.25) is 10.1 Å². The first-order chi connectivity index (χ1) is 9.61. The Kier molecular flexibility index (Phi) is 7.35. The van der Waals surface area contributed by atoms with Gasteiger partial charge in [0.2, 0.25) is 5.91 Å². The number of benzene rings is 1. The molecule has 0 aliphatic heterocycles. The molecule has 108 valence electrons. The van der Waals surface area contributed by atoms with Gasteiger partial charge in [0.25, 0.3) is 0 Å². The Hall–Kier alpha value is -1.31. The molecule has 1 N–H and O–H groups in total. The van der Waals surface area contributed by atoms with E-state index in [1.807, 2.05) is 29.2 Å². The van der Waals surface area contributed by atoms with Gasteiger partial charge < -0.3 is 4.90 Å². The van der Waals surface area contributed by atoms with Crippen molar-refractivity contribution in [3.8, 4) is 12.3 Å². The molecule has 3 nitrogen and oxygen atoms in total. The van der Waals surface area contributed by atoms with Crippen LogP contribution >= 0.6 is 15.9 Å². The summed E-state index contributed by atoms with van der Waals surface area (Å²) < 4.78 is 1.03. The van der Waals surface area contributed by atoms with Crippen LogP contribution in [0.5, 0.6) is 0 Å². The van der Waals surface area contributed by atoms with E-state index in [0.29, 0.717) is 6.54 Å². The molecule has 0 radical (unpaired) electrons. The maximum atomic E-state index is 12.3. The number of terminal acetylenes is 1. The summed E-state index contributed by atoms with van der Waals surface area (Å²) in [6, 6.07) is 8.03. The molecule has 0 aromatic heterocycles. The van der Waals surface area contributed by atoms with Gasteiger partial charge in [-0.2, -0.15) is 0 Å². The summed E-state index contributed by atoms with van der Waals surface area (Å²) in [6.07, 6.45) is 6.10. The maximum Gasteiger partial charge on any atom is 0.237 e. The Labute approximate surface area is 129 Å². The van der Waals surface area contributed by atoms with Crippen LogP contribution < -0.4 is 5.32 Å². The fourth-order valence-electron chi connectivity index (χ4n) is 2.10. The Morgan fingerprint density at radius 1 is 1.50 bits per heavy atom. The van der Waals surface area contributed by atoms with Gasteiger partial charge in [-0.15, -0.1) is 6.42 Å². The second-order valence-electron chi connectivity index (χ2n) is 4.59. The SMILES string of the molecule is C#CCNCC(=O)N(CCC)C(C)c1ccccc1Br. The van der Waals surface area contributed by atoms with Gasteiger partial charge in [-0.25, -0.2) is 0 Å². The number of hydrogen-bond acceptors (Lipinski definition) is 2. The predicted octanol–water partition coefficient (Wildman–Crippen LogP) is 2.97. The van der Waals surface area contributed by atoms with E-state index in [2.05, 4.69) is 41.0 Å². The summed E-state index contributed by atoms with van der Waals surface area (Å²) in [6.45, 7) is 5.55. The third kappa shape index (κ3) is 4.66. The molecule has 0 saturated carbocycles. The first-order valence-corrected chi connectivity index (χ1v) is 7.59. The van der Waals surface area contributed by atoms with E-state index in [4.69, 9.17) is 6.42 Å². The highest BCUT2D eigenvalue weighted by Gasteiger charge is 2.21. The van der Waals surface area contributed by atoms with Crippen LogP contribution in [0.1, 0.15) is 31.9 Å². The van der Waals surface area contributed by atoms with Gasteiger partial charge in [0.05, 0.1) is 19.1 Å². The zero-order chi connectivity index (χ0) is 15.0. The van der Waals surface area contributed by atoms with Crippen LogP contribution in [0.2, 0.25) is 0 Å². The third-order valence-corrected chi connectivity index (χ3v) is 3.83. The van der Waals surface area contributed by atoms with Crippen LogP contribution in [0.25, 0.3) is 0 Å². The van der Waals surface area contributed by atoms with Crippen LogP contribution in [0.3, 0.4) is 0 Å². The minimum absolute atomic E-state index is 0.0330. The Balaban J connectivity index is 2.82. The van der Waals surface area contributed by atoms with Crippen molar-refractivity contribution in [1.82, 2.24) is 10.2 Å². The van der Waals surface area contributed by atoms with Gasteiger partial charge in [0, 0.05) is 11.0 Å². The molecule has 0 aliphatic carbocycles. The molecule has 20 heavy (non-hydrogen) atoms. The molecule has 1 amide bonds. The maximum absolute atomic E-state index is 12.3. The van der Waals surface area contributed by atoms with E-state index >= 15 is 0 Å². The van der Waals surface area contributed by atoms with Crippen molar-refractivity contribution in [1.29, 1.82) is 0 Å². The summed E-state index contributed by atoms with van der Waals surface area (Å²) in [5.74, 6) is 2.55. The summed E-state index contributed by atoms with van der Waals surface area (Å²) in [4.78, 5) is 14.2. The third-order valence-electron chi connectivity index (χ3n) is 3.11. The second kappa shape index (κ2) is 8.78. The van der Waals surface area contributed by atoms with Crippen LogP contribution in [0.15, 0.2) is 28.7 Å². The van der Waals surface area contributed by atoms with Gasteiger partial charge in [-0.05, 0) is 25.0 Å². The van der Waals surface area contributed by atoms with Gasteiger partial charge in [0.1, 0.15) is 0 Å². The van der Waals surface area contributed by atoms with Crippen molar-refractivity contribution < 1.29 is 4.79 Å². The van der Waals surface area contributed by atoms with Gasteiger partial charge in [0.15, 0.2) is 0 Å². The van der Waals surface area contributed by atoms with Gasteiger partial charge >= 0.3 is 0 Å². The molecule has 1 unspecified atom stereocenters. The molecule has 1 aromatic rings. The largest absolute Gasteiger partial charge is 0.335 e. The topological polar surface area (TPSA) is 32.3 Å². The van der Waals surface area contributed by atoms with E-state index < -0.39 is 0 Å². The minimum atomic E-state index is 0.0330. The van der Waals surface area contributed by atoms with Crippen LogP contribution in [0.4, 0.5) is 0 Å². The minimum Gasteiger partial charge on any atom is -0.335 e. The molecule has 0 saturated heterocycles. The number of nitrogens with zero attached hydrogens (tertiary/aromatic N) is 1. The van der Waals surface area contributed by atoms with E-state index in [0.717, 1.165) is 23.0 Å². The summed E-state index contributed by atoms with van der Waals surface area (Å²) >= 11 is 3.55. The zero-order valence-corrected chi connectivity index (χ0v) is 13.6. The fraction of sp³-hybridized carbons (Fsp3) is 0.438. The lowest BCUT2D eigenvalue weighted by molar-refractivity contribution is -0.132. The first-order valence-electron chi connectivity index (χ1n) is 6.79.